The lowest BCUT2D eigenvalue weighted by molar-refractivity contribution is -0.155. The minimum Gasteiger partial charge on any atom is -0.479 e. The van der Waals surface area contributed by atoms with Gasteiger partial charge in [-0.05, 0) is 23.8 Å². The highest BCUT2D eigenvalue weighted by atomic mass is 19.4. The van der Waals surface area contributed by atoms with E-state index in [1.165, 1.54) is 0 Å². The maximum atomic E-state index is 12.7. The van der Waals surface area contributed by atoms with Gasteiger partial charge in [0.1, 0.15) is 6.10 Å². The quantitative estimate of drug-likeness (QED) is 0.747. The number of hydrogen-bond acceptors (Lipinski definition) is 3. The summed E-state index contributed by atoms with van der Waals surface area (Å²) in [6.45, 7) is 0. The zero-order valence-electron chi connectivity index (χ0n) is 9.90. The van der Waals surface area contributed by atoms with Crippen molar-refractivity contribution in [3.63, 3.8) is 0 Å². The van der Waals surface area contributed by atoms with Crippen LogP contribution in [0.5, 0.6) is 0 Å². The first kappa shape index (κ1) is 17.2. The minimum absolute atomic E-state index is 0.0420. The van der Waals surface area contributed by atoms with Gasteiger partial charge in [0.25, 0.3) is 0 Å². The van der Waals surface area contributed by atoms with E-state index in [9.17, 15) is 36.2 Å². The largest absolute Gasteiger partial charge is 0.479 e. The molecule has 0 heterocycles. The van der Waals surface area contributed by atoms with Gasteiger partial charge in [0.15, 0.2) is 6.10 Å². The van der Waals surface area contributed by atoms with Crippen molar-refractivity contribution >= 4 is 5.97 Å². The molecule has 3 N–H and O–H groups in total. The molecule has 0 amide bonds. The number of alkyl halides is 6. The number of aliphatic hydroxyl groups is 2. The number of benzene rings is 1. The Morgan fingerprint density at radius 2 is 1.52 bits per heavy atom. The van der Waals surface area contributed by atoms with Crippen LogP contribution in [-0.4, -0.2) is 27.4 Å². The third kappa shape index (κ3) is 3.85. The fraction of sp³-hybridized carbons (Fsp3) is 0.364. The van der Waals surface area contributed by atoms with Crippen LogP contribution in [-0.2, 0) is 17.1 Å². The summed E-state index contributed by atoms with van der Waals surface area (Å²) in [4.78, 5) is 10.4. The van der Waals surface area contributed by atoms with Crippen molar-refractivity contribution in [1.82, 2.24) is 0 Å². The van der Waals surface area contributed by atoms with Gasteiger partial charge in [-0.15, -0.1) is 0 Å². The van der Waals surface area contributed by atoms with Crippen LogP contribution in [0.4, 0.5) is 26.3 Å². The van der Waals surface area contributed by atoms with E-state index in [1.54, 1.807) is 0 Å². The van der Waals surface area contributed by atoms with Crippen LogP contribution in [0, 0.1) is 0 Å². The predicted molar refractivity (Wildman–Crippen MR) is 55.0 cm³/mol. The molecule has 21 heavy (non-hydrogen) atoms. The van der Waals surface area contributed by atoms with E-state index >= 15 is 0 Å². The summed E-state index contributed by atoms with van der Waals surface area (Å²) in [6, 6.07) is 0.168. The van der Waals surface area contributed by atoms with E-state index in [2.05, 4.69) is 0 Å². The van der Waals surface area contributed by atoms with Crippen molar-refractivity contribution < 1.29 is 46.5 Å². The maximum absolute atomic E-state index is 12.7. The molecular formula is C11H8F6O4. The Bertz CT molecular complexity index is 536. The molecule has 0 saturated heterocycles. The van der Waals surface area contributed by atoms with Crippen LogP contribution >= 0.6 is 0 Å². The SMILES string of the molecule is O=C(O)C(O)C(O)c1cc(C(F)(F)F)ccc1C(F)(F)F. The fourth-order valence-corrected chi connectivity index (χ4v) is 1.55. The number of carboxylic acids is 1. The summed E-state index contributed by atoms with van der Waals surface area (Å²) >= 11 is 0. The van der Waals surface area contributed by atoms with Gasteiger partial charge in [-0.25, -0.2) is 4.79 Å². The summed E-state index contributed by atoms with van der Waals surface area (Å²) in [5.41, 5.74) is -4.54. The van der Waals surface area contributed by atoms with Crippen molar-refractivity contribution in [1.29, 1.82) is 0 Å². The lowest BCUT2D eigenvalue weighted by atomic mass is 9.95. The van der Waals surface area contributed by atoms with Gasteiger partial charge in [-0.3, -0.25) is 0 Å². The Kier molecular flexibility index (Phi) is 4.54. The Hall–Kier alpha value is -1.81. The lowest BCUT2D eigenvalue weighted by Gasteiger charge is -2.21. The van der Waals surface area contributed by atoms with E-state index in [1.807, 2.05) is 0 Å². The number of hydrogen-bond donors (Lipinski definition) is 3. The summed E-state index contributed by atoms with van der Waals surface area (Å²) in [5.74, 6) is -2.08. The van der Waals surface area contributed by atoms with Crippen molar-refractivity contribution in [2.45, 2.75) is 24.6 Å². The molecule has 0 spiro atoms. The minimum atomic E-state index is -5.13. The first-order chi connectivity index (χ1) is 9.35. The van der Waals surface area contributed by atoms with E-state index < -0.39 is 47.2 Å². The van der Waals surface area contributed by atoms with Crippen LogP contribution in [0.15, 0.2) is 18.2 Å². The standard InChI is InChI=1S/C11H8F6O4/c12-10(13,14)4-1-2-6(11(15,16)17)5(3-4)7(18)8(19)9(20)21/h1-3,7-8,18-19H,(H,20,21). The molecule has 4 nitrogen and oxygen atoms in total. The number of carbonyl (C=O) groups is 1. The molecule has 0 radical (unpaired) electrons. The zero-order valence-corrected chi connectivity index (χ0v) is 9.90. The molecule has 0 aromatic heterocycles. The summed E-state index contributed by atoms with van der Waals surface area (Å²) < 4.78 is 75.5. The van der Waals surface area contributed by atoms with Gasteiger partial charge in [0.05, 0.1) is 11.1 Å². The summed E-state index contributed by atoms with van der Waals surface area (Å²) in [6.07, 6.45) is -15.5. The predicted octanol–water partition coefficient (Wildman–Crippen LogP) is 2.20. The highest BCUT2D eigenvalue weighted by molar-refractivity contribution is 5.73. The lowest BCUT2D eigenvalue weighted by Crippen LogP contribution is -2.29. The number of halogens is 6. The third-order valence-corrected chi connectivity index (χ3v) is 2.56. The van der Waals surface area contributed by atoms with Gasteiger partial charge >= 0.3 is 18.3 Å². The molecule has 118 valence electrons. The van der Waals surface area contributed by atoms with E-state index in [4.69, 9.17) is 10.2 Å². The second-order valence-electron chi connectivity index (χ2n) is 4.03. The highest BCUT2D eigenvalue weighted by Gasteiger charge is 2.40. The number of aliphatic carboxylic acids is 1. The molecule has 0 saturated carbocycles. The molecule has 1 aromatic carbocycles. The van der Waals surface area contributed by atoms with Crippen LogP contribution < -0.4 is 0 Å². The molecule has 1 rings (SSSR count). The normalized spacial score (nSPS) is 15.6. The van der Waals surface area contributed by atoms with Gasteiger partial charge in [-0.2, -0.15) is 26.3 Å². The Morgan fingerprint density at radius 3 is 1.90 bits per heavy atom. The van der Waals surface area contributed by atoms with Gasteiger partial charge < -0.3 is 15.3 Å². The van der Waals surface area contributed by atoms with Crippen molar-refractivity contribution in [3.8, 4) is 0 Å². The van der Waals surface area contributed by atoms with Crippen LogP contribution in [0.3, 0.4) is 0 Å². The van der Waals surface area contributed by atoms with E-state index in [0.29, 0.717) is 0 Å². The molecule has 0 fully saturated rings. The molecule has 0 aliphatic carbocycles. The highest BCUT2D eigenvalue weighted by Crippen LogP contribution is 2.39. The van der Waals surface area contributed by atoms with E-state index in [-0.39, 0.29) is 18.2 Å². The monoisotopic (exact) mass is 318 g/mol. The second kappa shape index (κ2) is 5.53. The van der Waals surface area contributed by atoms with E-state index in [0.717, 1.165) is 0 Å². The molecule has 0 aliphatic heterocycles. The average Bonchev–Trinajstić information content (AvgIpc) is 2.34. The topological polar surface area (TPSA) is 77.8 Å². The second-order valence-corrected chi connectivity index (χ2v) is 4.03. The van der Waals surface area contributed by atoms with Crippen LogP contribution in [0.1, 0.15) is 22.8 Å². The average molecular weight is 318 g/mol. The number of carboxylic acid groups (broad SMARTS) is 1. The Morgan fingerprint density at radius 1 is 1.00 bits per heavy atom. The summed E-state index contributed by atoms with van der Waals surface area (Å²) in [7, 11) is 0. The third-order valence-electron chi connectivity index (χ3n) is 2.56. The molecule has 2 atom stereocenters. The Labute approximate surface area is 113 Å². The smallest absolute Gasteiger partial charge is 0.416 e. The van der Waals surface area contributed by atoms with Crippen LogP contribution in [0.2, 0.25) is 0 Å². The van der Waals surface area contributed by atoms with Crippen molar-refractivity contribution in [2.75, 3.05) is 0 Å². The molecule has 0 aliphatic rings. The summed E-state index contributed by atoms with van der Waals surface area (Å²) in [5, 5.41) is 26.9. The van der Waals surface area contributed by atoms with Crippen molar-refractivity contribution in [2.24, 2.45) is 0 Å². The molecule has 2 unspecified atom stereocenters. The van der Waals surface area contributed by atoms with Crippen molar-refractivity contribution in [3.05, 3.63) is 34.9 Å². The molecule has 10 heteroatoms. The zero-order chi connectivity index (χ0) is 16.6. The molecule has 0 bridgehead atoms. The van der Waals surface area contributed by atoms with Gasteiger partial charge in [0.2, 0.25) is 0 Å². The molecule has 1 aromatic rings. The first-order valence-corrected chi connectivity index (χ1v) is 5.23. The van der Waals surface area contributed by atoms with Gasteiger partial charge in [-0.1, -0.05) is 0 Å². The van der Waals surface area contributed by atoms with Crippen LogP contribution in [0.25, 0.3) is 0 Å². The maximum Gasteiger partial charge on any atom is 0.416 e. The first-order valence-electron chi connectivity index (χ1n) is 5.23. The fourth-order valence-electron chi connectivity index (χ4n) is 1.55. The number of aliphatic hydroxyl groups excluding tert-OH is 2. The van der Waals surface area contributed by atoms with Gasteiger partial charge in [0, 0.05) is 0 Å². The Balaban J connectivity index is 3.46. The molecular weight excluding hydrogens is 310 g/mol. The number of rotatable bonds is 3.